The maximum atomic E-state index is 12.8. The Hall–Kier alpha value is -1.46. The molecule has 1 heterocycles. The molecular weight excluding hydrogens is 304 g/mol. The largest absolute Gasteiger partial charge is 0.493 e. The van der Waals surface area contributed by atoms with E-state index in [-0.39, 0.29) is 11.9 Å². The lowest BCUT2D eigenvalue weighted by molar-refractivity contribution is 0.0533. The van der Waals surface area contributed by atoms with E-state index in [1.165, 1.54) is 0 Å². The van der Waals surface area contributed by atoms with Crippen molar-refractivity contribution >= 4 is 17.5 Å². The van der Waals surface area contributed by atoms with E-state index in [0.717, 1.165) is 13.1 Å². The SMILES string of the molecule is CCOc1c(Cl)cc(C(=O)N2CCN(C)C[C@H]2C)cc1OC. The zero-order chi connectivity index (χ0) is 16.3. The van der Waals surface area contributed by atoms with Crippen LogP contribution in [-0.2, 0) is 0 Å². The zero-order valence-electron chi connectivity index (χ0n) is 13.6. The van der Waals surface area contributed by atoms with Gasteiger partial charge in [0, 0.05) is 31.2 Å². The summed E-state index contributed by atoms with van der Waals surface area (Å²) in [6.45, 7) is 6.87. The molecular formula is C16H23ClN2O3. The predicted molar refractivity (Wildman–Crippen MR) is 87.2 cm³/mol. The number of carbonyl (C=O) groups is 1. The fourth-order valence-electron chi connectivity index (χ4n) is 2.73. The van der Waals surface area contributed by atoms with Crippen LogP contribution < -0.4 is 9.47 Å². The molecule has 6 heteroatoms. The molecule has 1 saturated heterocycles. The van der Waals surface area contributed by atoms with Crippen LogP contribution in [0.25, 0.3) is 0 Å². The number of hydrogen-bond acceptors (Lipinski definition) is 4. The van der Waals surface area contributed by atoms with Gasteiger partial charge in [0.1, 0.15) is 0 Å². The van der Waals surface area contributed by atoms with Crippen LogP contribution in [0.5, 0.6) is 11.5 Å². The molecule has 1 aromatic rings. The Kier molecular flexibility index (Phi) is 5.53. The Bertz CT molecular complexity index is 550. The molecule has 1 aromatic carbocycles. The molecule has 0 N–H and O–H groups in total. The number of ether oxygens (including phenoxy) is 2. The van der Waals surface area contributed by atoms with Crippen LogP contribution in [0.4, 0.5) is 0 Å². The zero-order valence-corrected chi connectivity index (χ0v) is 14.3. The highest BCUT2D eigenvalue weighted by Crippen LogP contribution is 2.36. The second-order valence-electron chi connectivity index (χ2n) is 5.53. The van der Waals surface area contributed by atoms with Crippen molar-refractivity contribution in [2.45, 2.75) is 19.9 Å². The van der Waals surface area contributed by atoms with Gasteiger partial charge in [0.2, 0.25) is 0 Å². The highest BCUT2D eigenvalue weighted by atomic mass is 35.5. The molecule has 22 heavy (non-hydrogen) atoms. The molecule has 1 fully saturated rings. The van der Waals surface area contributed by atoms with E-state index in [2.05, 4.69) is 18.9 Å². The highest BCUT2D eigenvalue weighted by Gasteiger charge is 2.27. The van der Waals surface area contributed by atoms with E-state index in [4.69, 9.17) is 21.1 Å². The number of piperazine rings is 1. The molecule has 0 unspecified atom stereocenters. The predicted octanol–water partition coefficient (Wildman–Crippen LogP) is 2.52. The summed E-state index contributed by atoms with van der Waals surface area (Å²) in [7, 11) is 3.61. The first-order valence-electron chi connectivity index (χ1n) is 7.47. The van der Waals surface area contributed by atoms with E-state index < -0.39 is 0 Å². The van der Waals surface area contributed by atoms with Crippen LogP contribution in [-0.4, -0.2) is 62.1 Å². The van der Waals surface area contributed by atoms with Crippen LogP contribution in [0, 0.1) is 0 Å². The molecule has 0 aromatic heterocycles. The number of methoxy groups -OCH3 is 1. The van der Waals surface area contributed by atoms with E-state index >= 15 is 0 Å². The summed E-state index contributed by atoms with van der Waals surface area (Å²) in [4.78, 5) is 16.9. The third-order valence-corrected chi connectivity index (χ3v) is 4.14. The number of hydrogen-bond donors (Lipinski definition) is 0. The summed E-state index contributed by atoms with van der Waals surface area (Å²) < 4.78 is 10.8. The normalized spacial score (nSPS) is 19.1. The number of rotatable bonds is 4. The van der Waals surface area contributed by atoms with Crippen molar-refractivity contribution in [2.75, 3.05) is 40.4 Å². The molecule has 0 spiro atoms. The number of nitrogens with zero attached hydrogens (tertiary/aromatic N) is 2. The van der Waals surface area contributed by atoms with Gasteiger partial charge in [0.25, 0.3) is 5.91 Å². The Balaban J connectivity index is 2.28. The lowest BCUT2D eigenvalue weighted by Gasteiger charge is -2.38. The van der Waals surface area contributed by atoms with E-state index in [9.17, 15) is 4.79 Å². The molecule has 1 atom stereocenters. The average Bonchev–Trinajstić information content (AvgIpc) is 2.48. The van der Waals surface area contributed by atoms with E-state index in [0.29, 0.717) is 35.2 Å². The standard InChI is InChI=1S/C16H23ClN2O3/c1-5-22-15-13(17)8-12(9-14(15)21-4)16(20)19-7-6-18(3)10-11(19)2/h8-9,11H,5-7,10H2,1-4H3/t11-/m1/s1. The molecule has 1 amide bonds. The molecule has 122 valence electrons. The molecule has 0 saturated carbocycles. The number of amides is 1. The van der Waals surface area contributed by atoms with Crippen LogP contribution in [0.1, 0.15) is 24.2 Å². The maximum absolute atomic E-state index is 12.8. The van der Waals surface area contributed by atoms with Crippen molar-refractivity contribution in [3.05, 3.63) is 22.7 Å². The van der Waals surface area contributed by atoms with Crippen molar-refractivity contribution in [3.8, 4) is 11.5 Å². The third kappa shape index (κ3) is 3.47. The van der Waals surface area contributed by atoms with Gasteiger partial charge < -0.3 is 19.3 Å². The minimum absolute atomic E-state index is 0.0242. The lowest BCUT2D eigenvalue weighted by atomic mass is 10.1. The maximum Gasteiger partial charge on any atom is 0.254 e. The highest BCUT2D eigenvalue weighted by molar-refractivity contribution is 6.32. The van der Waals surface area contributed by atoms with Gasteiger partial charge in [-0.2, -0.15) is 0 Å². The summed E-state index contributed by atoms with van der Waals surface area (Å²) >= 11 is 6.25. The van der Waals surface area contributed by atoms with Gasteiger partial charge in [-0.3, -0.25) is 4.79 Å². The molecule has 0 aliphatic carbocycles. The van der Waals surface area contributed by atoms with Gasteiger partial charge in [0.05, 0.1) is 18.7 Å². The van der Waals surface area contributed by atoms with Crippen LogP contribution in [0.15, 0.2) is 12.1 Å². The van der Waals surface area contributed by atoms with Crippen molar-refractivity contribution in [2.24, 2.45) is 0 Å². The number of benzene rings is 1. The molecule has 2 rings (SSSR count). The van der Waals surface area contributed by atoms with Crippen LogP contribution >= 0.6 is 11.6 Å². The van der Waals surface area contributed by atoms with Crippen molar-refractivity contribution in [1.82, 2.24) is 9.80 Å². The molecule has 1 aliphatic rings. The second-order valence-corrected chi connectivity index (χ2v) is 5.94. The van der Waals surface area contributed by atoms with E-state index in [1.54, 1.807) is 19.2 Å². The fourth-order valence-corrected chi connectivity index (χ4v) is 3.00. The first kappa shape index (κ1) is 16.9. The first-order chi connectivity index (χ1) is 10.5. The summed E-state index contributed by atoms with van der Waals surface area (Å²) in [5, 5.41) is 0.395. The van der Waals surface area contributed by atoms with Crippen LogP contribution in [0.3, 0.4) is 0 Å². The monoisotopic (exact) mass is 326 g/mol. The summed E-state index contributed by atoms with van der Waals surface area (Å²) in [6, 6.07) is 3.52. The van der Waals surface area contributed by atoms with Gasteiger partial charge in [0.15, 0.2) is 11.5 Å². The van der Waals surface area contributed by atoms with Gasteiger partial charge in [-0.1, -0.05) is 11.6 Å². The number of carbonyl (C=O) groups excluding carboxylic acids is 1. The van der Waals surface area contributed by atoms with Gasteiger partial charge >= 0.3 is 0 Å². The minimum Gasteiger partial charge on any atom is -0.493 e. The topological polar surface area (TPSA) is 42.0 Å². The Morgan fingerprint density at radius 3 is 2.73 bits per heavy atom. The van der Waals surface area contributed by atoms with Crippen molar-refractivity contribution < 1.29 is 14.3 Å². The minimum atomic E-state index is -0.0242. The molecule has 1 aliphatic heterocycles. The molecule has 0 radical (unpaired) electrons. The number of halogens is 1. The fraction of sp³-hybridized carbons (Fsp3) is 0.562. The van der Waals surface area contributed by atoms with Gasteiger partial charge in [-0.05, 0) is 33.0 Å². The Morgan fingerprint density at radius 2 is 2.14 bits per heavy atom. The lowest BCUT2D eigenvalue weighted by Crippen LogP contribution is -2.52. The third-order valence-electron chi connectivity index (χ3n) is 3.86. The quantitative estimate of drug-likeness (QED) is 0.852. The van der Waals surface area contributed by atoms with Crippen molar-refractivity contribution in [3.63, 3.8) is 0 Å². The average molecular weight is 327 g/mol. The smallest absolute Gasteiger partial charge is 0.254 e. The summed E-state index contributed by atoms with van der Waals surface area (Å²) in [5.74, 6) is 0.943. The summed E-state index contributed by atoms with van der Waals surface area (Å²) in [5.41, 5.74) is 0.529. The number of likely N-dealkylation sites (N-methyl/N-ethyl adjacent to an activating group) is 1. The molecule has 0 bridgehead atoms. The Morgan fingerprint density at radius 1 is 1.41 bits per heavy atom. The van der Waals surface area contributed by atoms with Crippen LogP contribution in [0.2, 0.25) is 5.02 Å². The van der Waals surface area contributed by atoms with Crippen molar-refractivity contribution in [1.29, 1.82) is 0 Å². The van der Waals surface area contributed by atoms with E-state index in [1.807, 2.05) is 11.8 Å². The summed E-state index contributed by atoms with van der Waals surface area (Å²) in [6.07, 6.45) is 0. The van der Waals surface area contributed by atoms with Gasteiger partial charge in [-0.25, -0.2) is 0 Å². The molecule has 5 nitrogen and oxygen atoms in total. The Labute approximate surface area is 136 Å². The second kappa shape index (κ2) is 7.20. The first-order valence-corrected chi connectivity index (χ1v) is 7.85. The van der Waals surface area contributed by atoms with Gasteiger partial charge in [-0.15, -0.1) is 0 Å².